The van der Waals surface area contributed by atoms with Crippen molar-refractivity contribution in [3.05, 3.63) is 59.7 Å². The van der Waals surface area contributed by atoms with Gasteiger partial charge < -0.3 is 4.90 Å². The Bertz CT molecular complexity index is 1030. The monoisotopic (exact) mass is 397 g/mol. The number of amides is 1. The van der Waals surface area contributed by atoms with Crippen LogP contribution in [0.25, 0.3) is 0 Å². The van der Waals surface area contributed by atoms with Gasteiger partial charge in [0.25, 0.3) is 5.91 Å². The highest BCUT2D eigenvalue weighted by Gasteiger charge is 2.39. The van der Waals surface area contributed by atoms with Crippen molar-refractivity contribution in [2.45, 2.75) is 37.6 Å². The Morgan fingerprint density at radius 3 is 2.46 bits per heavy atom. The van der Waals surface area contributed by atoms with Gasteiger partial charge in [-0.2, -0.15) is 5.10 Å². The van der Waals surface area contributed by atoms with Gasteiger partial charge in [-0.15, -0.1) is 0 Å². The van der Waals surface area contributed by atoms with E-state index in [4.69, 9.17) is 0 Å². The lowest BCUT2D eigenvalue weighted by molar-refractivity contribution is -0.124. The van der Waals surface area contributed by atoms with E-state index in [0.717, 1.165) is 30.4 Å². The number of sulfone groups is 1. The minimum absolute atomic E-state index is 0.143. The van der Waals surface area contributed by atoms with E-state index >= 15 is 0 Å². The molecule has 0 aromatic heterocycles. The first-order valence-electron chi connectivity index (χ1n) is 9.52. The molecule has 7 heteroatoms. The number of likely N-dealkylation sites (tertiary alicyclic amines) is 1. The van der Waals surface area contributed by atoms with Gasteiger partial charge in [0.1, 0.15) is 0 Å². The molecule has 0 saturated carbocycles. The third kappa shape index (κ3) is 3.42. The molecule has 1 fully saturated rings. The minimum atomic E-state index is -3.96. The maximum Gasteiger partial charge on any atom is 0.286 e. The van der Waals surface area contributed by atoms with E-state index in [1.807, 2.05) is 43.3 Å². The maximum atomic E-state index is 13.2. The lowest BCUT2D eigenvalue weighted by Crippen LogP contribution is -2.45. The Labute approximate surface area is 165 Å². The van der Waals surface area contributed by atoms with Crippen molar-refractivity contribution in [2.75, 3.05) is 18.1 Å². The molecule has 4 rings (SSSR count). The number of piperidine rings is 1. The normalized spacial score (nSPS) is 18.4. The zero-order valence-corrected chi connectivity index (χ0v) is 16.7. The smallest absolute Gasteiger partial charge is 0.286 e. The number of aryl methyl sites for hydroxylation is 1. The first-order valence-corrected chi connectivity index (χ1v) is 11.0. The van der Waals surface area contributed by atoms with Crippen LogP contribution >= 0.6 is 0 Å². The van der Waals surface area contributed by atoms with Gasteiger partial charge in [0.15, 0.2) is 0 Å². The lowest BCUT2D eigenvalue weighted by atomic mass is 10.1. The van der Waals surface area contributed by atoms with Crippen LogP contribution in [-0.4, -0.2) is 37.4 Å². The number of hydrazone groups is 1. The van der Waals surface area contributed by atoms with E-state index in [1.54, 1.807) is 22.0 Å². The Hall–Kier alpha value is -2.67. The average molecular weight is 398 g/mol. The van der Waals surface area contributed by atoms with Crippen molar-refractivity contribution in [1.82, 2.24) is 4.90 Å². The van der Waals surface area contributed by atoms with Crippen molar-refractivity contribution in [2.24, 2.45) is 5.10 Å². The van der Waals surface area contributed by atoms with Crippen molar-refractivity contribution in [1.29, 1.82) is 0 Å². The van der Waals surface area contributed by atoms with Crippen molar-refractivity contribution in [3.8, 4) is 0 Å². The SMILES string of the molecule is Cc1ccc2c(c1)N(Cc1ccccc1)N=C(C(=O)N1CCCCC1)S2(=O)=O. The Balaban J connectivity index is 1.78. The summed E-state index contributed by atoms with van der Waals surface area (Å²) in [5.74, 6) is -0.496. The first-order chi connectivity index (χ1) is 13.5. The molecule has 146 valence electrons. The first kappa shape index (κ1) is 18.7. The number of hydrogen-bond acceptors (Lipinski definition) is 5. The topological polar surface area (TPSA) is 70.1 Å². The quantitative estimate of drug-likeness (QED) is 0.798. The molecule has 0 aliphatic carbocycles. The van der Waals surface area contributed by atoms with Crippen molar-refractivity contribution >= 4 is 26.5 Å². The molecule has 0 radical (unpaired) electrons. The zero-order valence-electron chi connectivity index (χ0n) is 15.8. The van der Waals surface area contributed by atoms with Gasteiger partial charge in [-0.3, -0.25) is 9.80 Å². The highest BCUT2D eigenvalue weighted by molar-refractivity contribution is 8.08. The second-order valence-electron chi connectivity index (χ2n) is 7.28. The molecule has 0 unspecified atom stereocenters. The molecule has 0 atom stereocenters. The molecule has 1 amide bonds. The van der Waals surface area contributed by atoms with Gasteiger partial charge in [0.2, 0.25) is 14.9 Å². The van der Waals surface area contributed by atoms with Crippen LogP contribution in [0, 0.1) is 6.92 Å². The molecular weight excluding hydrogens is 374 g/mol. The number of rotatable bonds is 3. The van der Waals surface area contributed by atoms with E-state index in [1.165, 1.54) is 0 Å². The molecule has 0 bridgehead atoms. The van der Waals surface area contributed by atoms with Crippen LogP contribution in [0.15, 0.2) is 58.5 Å². The molecule has 2 aromatic rings. The predicted molar refractivity (Wildman–Crippen MR) is 109 cm³/mol. The Kier molecular flexibility index (Phi) is 4.93. The highest BCUT2D eigenvalue weighted by atomic mass is 32.2. The fraction of sp³-hybridized carbons (Fsp3) is 0.333. The van der Waals surface area contributed by atoms with Crippen LogP contribution in [0.2, 0.25) is 0 Å². The van der Waals surface area contributed by atoms with Gasteiger partial charge in [-0.05, 0) is 49.4 Å². The minimum Gasteiger partial charge on any atom is -0.337 e. The average Bonchev–Trinajstić information content (AvgIpc) is 2.71. The molecule has 0 N–H and O–H groups in total. The second kappa shape index (κ2) is 7.39. The Morgan fingerprint density at radius 1 is 1.04 bits per heavy atom. The summed E-state index contributed by atoms with van der Waals surface area (Å²) >= 11 is 0. The lowest BCUT2D eigenvalue weighted by Gasteiger charge is -2.31. The molecule has 6 nitrogen and oxygen atoms in total. The largest absolute Gasteiger partial charge is 0.337 e. The van der Waals surface area contributed by atoms with Gasteiger partial charge in [0.05, 0.1) is 17.1 Å². The number of benzene rings is 2. The zero-order chi connectivity index (χ0) is 19.7. The molecule has 2 aliphatic rings. The van der Waals surface area contributed by atoms with Crippen molar-refractivity contribution in [3.63, 3.8) is 0 Å². The van der Waals surface area contributed by atoms with E-state index in [0.29, 0.717) is 25.3 Å². The molecule has 0 spiro atoms. The maximum absolute atomic E-state index is 13.2. The molecule has 2 aliphatic heterocycles. The van der Waals surface area contributed by atoms with Gasteiger partial charge >= 0.3 is 0 Å². The summed E-state index contributed by atoms with van der Waals surface area (Å²) in [5, 5.41) is 5.62. The van der Waals surface area contributed by atoms with Crippen LogP contribution in [0.1, 0.15) is 30.4 Å². The van der Waals surface area contributed by atoms with Crippen LogP contribution in [0.3, 0.4) is 0 Å². The third-order valence-electron chi connectivity index (χ3n) is 5.15. The van der Waals surface area contributed by atoms with E-state index < -0.39 is 15.7 Å². The van der Waals surface area contributed by atoms with E-state index in [-0.39, 0.29) is 9.94 Å². The number of carbonyl (C=O) groups excluding carboxylic acids is 1. The fourth-order valence-corrected chi connectivity index (χ4v) is 5.10. The fourth-order valence-electron chi connectivity index (χ4n) is 3.64. The summed E-state index contributed by atoms with van der Waals surface area (Å²) in [6.45, 7) is 3.45. The predicted octanol–water partition coefficient (Wildman–Crippen LogP) is 3.11. The van der Waals surface area contributed by atoms with Crippen LogP contribution < -0.4 is 5.01 Å². The third-order valence-corrected chi connectivity index (χ3v) is 6.84. The van der Waals surface area contributed by atoms with Gasteiger partial charge in [-0.25, -0.2) is 8.42 Å². The summed E-state index contributed by atoms with van der Waals surface area (Å²) in [6.07, 6.45) is 2.84. The standard InChI is InChI=1S/C21H23N3O3S/c1-16-10-11-19-18(14-16)24(15-17-8-4-2-5-9-17)22-20(28(19,26)27)21(25)23-12-6-3-7-13-23/h2,4-5,8-11,14H,3,6-7,12-13,15H2,1H3. The summed E-state index contributed by atoms with van der Waals surface area (Å²) in [7, 11) is -3.96. The van der Waals surface area contributed by atoms with Crippen LogP contribution in [0.4, 0.5) is 5.69 Å². The highest BCUT2D eigenvalue weighted by Crippen LogP contribution is 2.34. The van der Waals surface area contributed by atoms with Crippen LogP contribution in [0.5, 0.6) is 0 Å². The summed E-state index contributed by atoms with van der Waals surface area (Å²) in [5.41, 5.74) is 2.44. The van der Waals surface area contributed by atoms with Crippen LogP contribution in [-0.2, 0) is 21.2 Å². The molecule has 2 heterocycles. The van der Waals surface area contributed by atoms with E-state index in [9.17, 15) is 13.2 Å². The van der Waals surface area contributed by atoms with Crippen molar-refractivity contribution < 1.29 is 13.2 Å². The second-order valence-corrected chi connectivity index (χ2v) is 9.11. The van der Waals surface area contributed by atoms with Gasteiger partial charge in [0, 0.05) is 13.1 Å². The number of anilines is 1. The summed E-state index contributed by atoms with van der Waals surface area (Å²) in [6, 6.07) is 14.8. The molecular formula is C21H23N3O3S. The molecule has 2 aromatic carbocycles. The molecule has 1 saturated heterocycles. The Morgan fingerprint density at radius 2 is 1.75 bits per heavy atom. The number of fused-ring (bicyclic) bond motifs is 1. The number of carbonyl (C=O) groups is 1. The van der Waals surface area contributed by atoms with E-state index in [2.05, 4.69) is 5.10 Å². The number of hydrogen-bond donors (Lipinski definition) is 0. The molecule has 28 heavy (non-hydrogen) atoms. The summed E-state index contributed by atoms with van der Waals surface area (Å²) in [4.78, 5) is 14.8. The number of nitrogens with zero attached hydrogens (tertiary/aromatic N) is 3. The summed E-state index contributed by atoms with van der Waals surface area (Å²) < 4.78 is 26.4. The van der Waals surface area contributed by atoms with Gasteiger partial charge in [-0.1, -0.05) is 36.4 Å².